The molecule has 1 aromatic heterocycles. The molecule has 0 aromatic carbocycles. The van der Waals surface area contributed by atoms with E-state index in [-0.39, 0.29) is 22.2 Å². The second kappa shape index (κ2) is 4.73. The molecule has 0 aliphatic carbocycles. The maximum Gasteiger partial charge on any atom is 0.244 e. The first-order chi connectivity index (χ1) is 8.72. The Kier molecular flexibility index (Phi) is 3.54. The minimum atomic E-state index is -3.74. The molecule has 0 spiro atoms. The largest absolute Gasteiger partial charge is 0.384 e. The lowest BCUT2D eigenvalue weighted by atomic mass is 10.3. The van der Waals surface area contributed by atoms with E-state index in [0.717, 1.165) is 4.31 Å². The van der Waals surface area contributed by atoms with Crippen LogP contribution in [0.4, 0.5) is 5.82 Å². The van der Waals surface area contributed by atoms with Gasteiger partial charge in [-0.25, -0.2) is 21.8 Å². The molecule has 1 aliphatic rings. The van der Waals surface area contributed by atoms with Crippen molar-refractivity contribution in [1.82, 2.24) is 9.29 Å². The van der Waals surface area contributed by atoms with Gasteiger partial charge in [0.15, 0.2) is 9.84 Å². The van der Waals surface area contributed by atoms with E-state index in [4.69, 9.17) is 5.73 Å². The molecule has 0 bridgehead atoms. The van der Waals surface area contributed by atoms with Crippen LogP contribution in [0.5, 0.6) is 0 Å². The summed E-state index contributed by atoms with van der Waals surface area (Å²) in [4.78, 5) is 3.74. The van der Waals surface area contributed by atoms with Crippen LogP contribution in [0.1, 0.15) is 6.42 Å². The van der Waals surface area contributed by atoms with Gasteiger partial charge in [-0.15, -0.1) is 0 Å². The molecule has 1 saturated heterocycles. The molecule has 0 saturated carbocycles. The molecule has 7 nitrogen and oxygen atoms in total. The van der Waals surface area contributed by atoms with Crippen LogP contribution in [-0.4, -0.2) is 50.7 Å². The lowest BCUT2D eigenvalue weighted by Gasteiger charge is -2.22. The van der Waals surface area contributed by atoms with Gasteiger partial charge in [0.05, 0.1) is 11.5 Å². The molecule has 2 rings (SSSR count). The number of aromatic nitrogens is 1. The number of rotatable bonds is 3. The summed E-state index contributed by atoms with van der Waals surface area (Å²) >= 11 is 0. The first-order valence-corrected chi connectivity index (χ1v) is 8.88. The average molecular weight is 305 g/mol. The quantitative estimate of drug-likeness (QED) is 0.804. The minimum Gasteiger partial charge on any atom is -0.384 e. The number of sulfonamides is 1. The Balaban J connectivity index is 2.27. The molecule has 106 valence electrons. The molecule has 1 aromatic rings. The topological polar surface area (TPSA) is 110 Å². The van der Waals surface area contributed by atoms with E-state index < -0.39 is 25.9 Å². The Morgan fingerprint density at radius 2 is 2.11 bits per heavy atom. The highest BCUT2D eigenvalue weighted by Crippen LogP contribution is 2.23. The second-order valence-electron chi connectivity index (χ2n) is 4.50. The van der Waals surface area contributed by atoms with E-state index in [1.165, 1.54) is 25.4 Å². The number of sulfone groups is 1. The third-order valence-corrected chi connectivity index (χ3v) is 6.80. The Labute approximate surface area is 112 Å². The Bertz CT molecular complexity index is 667. The van der Waals surface area contributed by atoms with Crippen LogP contribution in [0, 0.1) is 0 Å². The van der Waals surface area contributed by atoms with Crippen molar-refractivity contribution in [2.24, 2.45) is 0 Å². The number of hydrogen-bond donors (Lipinski definition) is 1. The standard InChI is InChI=1S/C10H15N3O4S2/c1-13(8-4-5-18(14,15)7-8)19(16,17)9-2-3-10(11)12-6-9/h2-3,6,8H,4-5,7H2,1H3,(H2,11,12). The minimum absolute atomic E-state index is 0.00787. The van der Waals surface area contributed by atoms with Gasteiger partial charge >= 0.3 is 0 Å². The fourth-order valence-electron chi connectivity index (χ4n) is 1.97. The summed E-state index contributed by atoms with van der Waals surface area (Å²) in [6.45, 7) is 0. The Morgan fingerprint density at radius 1 is 1.42 bits per heavy atom. The van der Waals surface area contributed by atoms with Crippen LogP contribution in [0.15, 0.2) is 23.2 Å². The van der Waals surface area contributed by atoms with Crippen LogP contribution in [0.25, 0.3) is 0 Å². The van der Waals surface area contributed by atoms with Gasteiger partial charge in [0.2, 0.25) is 10.0 Å². The van der Waals surface area contributed by atoms with Crippen LogP contribution < -0.4 is 5.73 Å². The molecule has 9 heteroatoms. The lowest BCUT2D eigenvalue weighted by Crippen LogP contribution is -2.37. The first kappa shape index (κ1) is 14.2. The third kappa shape index (κ3) is 2.88. The van der Waals surface area contributed by atoms with Gasteiger partial charge in [0.25, 0.3) is 0 Å². The monoisotopic (exact) mass is 305 g/mol. The number of nitrogens with zero attached hydrogens (tertiary/aromatic N) is 2. The highest BCUT2D eigenvalue weighted by molar-refractivity contribution is 7.92. The third-order valence-electron chi connectivity index (χ3n) is 3.16. The zero-order valence-electron chi connectivity index (χ0n) is 10.4. The zero-order valence-corrected chi connectivity index (χ0v) is 12.0. The molecule has 0 amide bonds. The molecule has 2 heterocycles. The van der Waals surface area contributed by atoms with Gasteiger partial charge in [-0.1, -0.05) is 0 Å². The number of nitrogen functional groups attached to an aromatic ring is 1. The van der Waals surface area contributed by atoms with Crippen molar-refractivity contribution in [3.8, 4) is 0 Å². The van der Waals surface area contributed by atoms with Gasteiger partial charge < -0.3 is 5.73 Å². The molecule has 1 atom stereocenters. The van der Waals surface area contributed by atoms with E-state index in [2.05, 4.69) is 4.98 Å². The SMILES string of the molecule is CN(C1CCS(=O)(=O)C1)S(=O)(=O)c1ccc(N)nc1. The van der Waals surface area contributed by atoms with E-state index in [9.17, 15) is 16.8 Å². The number of anilines is 1. The summed E-state index contributed by atoms with van der Waals surface area (Å²) in [7, 11) is -5.48. The molecule has 1 fully saturated rings. The maximum atomic E-state index is 12.3. The van der Waals surface area contributed by atoms with Crippen molar-refractivity contribution in [3.05, 3.63) is 18.3 Å². The van der Waals surface area contributed by atoms with Crippen molar-refractivity contribution < 1.29 is 16.8 Å². The Morgan fingerprint density at radius 3 is 2.58 bits per heavy atom. The van der Waals surface area contributed by atoms with E-state index in [0.29, 0.717) is 6.42 Å². The van der Waals surface area contributed by atoms with Crippen LogP contribution in [0.3, 0.4) is 0 Å². The molecule has 0 radical (unpaired) electrons. The van der Waals surface area contributed by atoms with Gasteiger partial charge in [0, 0.05) is 19.3 Å². The maximum absolute atomic E-state index is 12.3. The van der Waals surface area contributed by atoms with Crippen LogP contribution in [-0.2, 0) is 19.9 Å². The highest BCUT2D eigenvalue weighted by Gasteiger charge is 2.36. The summed E-state index contributed by atoms with van der Waals surface area (Å²) in [5, 5.41) is 0. The Hall–Kier alpha value is -1.19. The van der Waals surface area contributed by atoms with Crippen molar-refractivity contribution >= 4 is 25.7 Å². The summed E-state index contributed by atoms with van der Waals surface area (Å²) in [6, 6.07) is 2.23. The molecule has 19 heavy (non-hydrogen) atoms. The van der Waals surface area contributed by atoms with Crippen LogP contribution >= 0.6 is 0 Å². The highest BCUT2D eigenvalue weighted by atomic mass is 32.2. The van der Waals surface area contributed by atoms with Crippen molar-refractivity contribution in [2.75, 3.05) is 24.3 Å². The molecule has 1 aliphatic heterocycles. The van der Waals surface area contributed by atoms with E-state index in [1.807, 2.05) is 0 Å². The summed E-state index contributed by atoms with van der Waals surface area (Å²) in [5.74, 6) is 0.118. The molecular formula is C10H15N3O4S2. The predicted octanol–water partition coefficient (Wildman–Crippen LogP) is -0.529. The summed E-state index contributed by atoms with van der Waals surface area (Å²) < 4.78 is 48.5. The second-order valence-corrected chi connectivity index (χ2v) is 8.72. The van der Waals surface area contributed by atoms with E-state index >= 15 is 0 Å². The fraction of sp³-hybridized carbons (Fsp3) is 0.500. The van der Waals surface area contributed by atoms with Crippen molar-refractivity contribution in [2.45, 2.75) is 17.4 Å². The first-order valence-electron chi connectivity index (χ1n) is 5.62. The molecular weight excluding hydrogens is 290 g/mol. The summed E-state index contributed by atoms with van der Waals surface area (Å²) in [5.41, 5.74) is 5.40. The zero-order chi connectivity index (χ0) is 14.3. The number of nitrogens with two attached hydrogens (primary N) is 1. The molecule has 1 unspecified atom stereocenters. The fourth-order valence-corrected chi connectivity index (χ4v) is 5.17. The van der Waals surface area contributed by atoms with Gasteiger partial charge in [0.1, 0.15) is 10.7 Å². The summed E-state index contributed by atoms with van der Waals surface area (Å²) in [6.07, 6.45) is 1.49. The lowest BCUT2D eigenvalue weighted by molar-refractivity contribution is 0.394. The predicted molar refractivity (Wildman–Crippen MR) is 70.7 cm³/mol. The van der Waals surface area contributed by atoms with E-state index in [1.54, 1.807) is 0 Å². The van der Waals surface area contributed by atoms with Gasteiger partial charge in [-0.2, -0.15) is 4.31 Å². The van der Waals surface area contributed by atoms with Gasteiger partial charge in [-0.3, -0.25) is 0 Å². The smallest absolute Gasteiger partial charge is 0.244 e. The average Bonchev–Trinajstić information content (AvgIpc) is 2.69. The molecule has 2 N–H and O–H groups in total. The van der Waals surface area contributed by atoms with Gasteiger partial charge in [-0.05, 0) is 18.6 Å². The van der Waals surface area contributed by atoms with Crippen molar-refractivity contribution in [1.29, 1.82) is 0 Å². The normalized spacial score (nSPS) is 22.7. The van der Waals surface area contributed by atoms with Crippen LogP contribution in [0.2, 0.25) is 0 Å². The number of hydrogen-bond acceptors (Lipinski definition) is 6. The number of pyridine rings is 1. The van der Waals surface area contributed by atoms with Crippen molar-refractivity contribution in [3.63, 3.8) is 0 Å².